The number of aromatic nitrogens is 3. The minimum absolute atomic E-state index is 0.0191. The lowest BCUT2D eigenvalue weighted by Gasteiger charge is -2.27. The largest absolute Gasteiger partial charge is 0.434 e. The van der Waals surface area contributed by atoms with Gasteiger partial charge in [-0.2, -0.15) is 13.2 Å². The van der Waals surface area contributed by atoms with Crippen molar-refractivity contribution in [3.8, 4) is 0 Å². The van der Waals surface area contributed by atoms with Gasteiger partial charge in [0.05, 0.1) is 6.54 Å². The Labute approximate surface area is 133 Å². The maximum atomic E-state index is 12.7. The van der Waals surface area contributed by atoms with E-state index in [2.05, 4.69) is 9.97 Å². The number of halogens is 4. The van der Waals surface area contributed by atoms with Crippen molar-refractivity contribution in [2.75, 3.05) is 12.3 Å². The Morgan fingerprint density at radius 2 is 2.00 bits per heavy atom. The summed E-state index contributed by atoms with van der Waals surface area (Å²) in [6.07, 6.45) is -3.55. The minimum Gasteiger partial charge on any atom is -0.384 e. The first-order valence-electron chi connectivity index (χ1n) is 6.59. The van der Waals surface area contributed by atoms with Crippen molar-refractivity contribution >= 4 is 23.3 Å². The van der Waals surface area contributed by atoms with E-state index < -0.39 is 11.9 Å². The lowest BCUT2D eigenvalue weighted by Crippen LogP contribution is -2.38. The van der Waals surface area contributed by atoms with Crippen LogP contribution in [-0.4, -0.2) is 31.9 Å². The molecule has 0 atom stereocenters. The van der Waals surface area contributed by atoms with Gasteiger partial charge in [-0.15, -0.1) is 0 Å². The summed E-state index contributed by atoms with van der Waals surface area (Å²) in [5.74, 6) is -0.104. The van der Waals surface area contributed by atoms with Crippen molar-refractivity contribution in [1.29, 1.82) is 0 Å². The Bertz CT molecular complexity index is 753. The SMILES string of the molecule is Nc1cc(C(=O)N2CCn3cc(C(F)(F)F)nc3C2)cc(Cl)n1. The van der Waals surface area contributed by atoms with Crippen LogP contribution in [0.15, 0.2) is 18.3 Å². The molecule has 2 N–H and O–H groups in total. The highest BCUT2D eigenvalue weighted by atomic mass is 35.5. The third kappa shape index (κ3) is 3.09. The summed E-state index contributed by atoms with van der Waals surface area (Å²) in [5, 5.41) is 0.0752. The van der Waals surface area contributed by atoms with Gasteiger partial charge in [0.2, 0.25) is 0 Å². The number of amides is 1. The number of carbonyl (C=O) groups excluding carboxylic acids is 1. The van der Waals surface area contributed by atoms with Gasteiger partial charge in [0, 0.05) is 24.8 Å². The second-order valence-electron chi connectivity index (χ2n) is 5.06. The Hall–Kier alpha value is -2.29. The average Bonchev–Trinajstić information content (AvgIpc) is 2.88. The van der Waals surface area contributed by atoms with Gasteiger partial charge in [0.15, 0.2) is 5.69 Å². The fraction of sp³-hybridized carbons (Fsp3) is 0.308. The van der Waals surface area contributed by atoms with E-state index in [1.807, 2.05) is 0 Å². The number of nitrogen functional groups attached to an aromatic ring is 1. The van der Waals surface area contributed by atoms with Crippen molar-refractivity contribution in [1.82, 2.24) is 19.4 Å². The van der Waals surface area contributed by atoms with Crippen LogP contribution in [0.2, 0.25) is 5.15 Å². The number of anilines is 1. The van der Waals surface area contributed by atoms with Crippen LogP contribution in [0, 0.1) is 0 Å². The van der Waals surface area contributed by atoms with Crippen LogP contribution in [0.25, 0.3) is 0 Å². The molecule has 0 fully saturated rings. The van der Waals surface area contributed by atoms with Gasteiger partial charge >= 0.3 is 6.18 Å². The predicted molar refractivity (Wildman–Crippen MR) is 75.6 cm³/mol. The second-order valence-corrected chi connectivity index (χ2v) is 5.45. The molecular formula is C13H11ClF3N5O. The van der Waals surface area contributed by atoms with E-state index in [9.17, 15) is 18.0 Å². The smallest absolute Gasteiger partial charge is 0.384 e. The first-order valence-corrected chi connectivity index (χ1v) is 6.97. The van der Waals surface area contributed by atoms with Gasteiger partial charge < -0.3 is 15.2 Å². The molecule has 10 heteroatoms. The zero-order valence-electron chi connectivity index (χ0n) is 11.6. The van der Waals surface area contributed by atoms with Crippen LogP contribution in [0.1, 0.15) is 21.9 Å². The second kappa shape index (κ2) is 5.41. The molecule has 0 saturated heterocycles. The third-order valence-corrected chi connectivity index (χ3v) is 3.63. The van der Waals surface area contributed by atoms with Crippen molar-refractivity contribution in [2.45, 2.75) is 19.3 Å². The molecule has 0 radical (unpaired) electrons. The Morgan fingerprint density at radius 1 is 1.26 bits per heavy atom. The van der Waals surface area contributed by atoms with Crippen LogP contribution in [0.4, 0.5) is 19.0 Å². The van der Waals surface area contributed by atoms with Crippen LogP contribution in [0.3, 0.4) is 0 Å². The highest BCUT2D eigenvalue weighted by Gasteiger charge is 2.36. The fourth-order valence-electron chi connectivity index (χ4n) is 2.39. The first-order chi connectivity index (χ1) is 10.7. The third-order valence-electron chi connectivity index (χ3n) is 3.44. The molecule has 0 aromatic carbocycles. The average molecular weight is 346 g/mol. The summed E-state index contributed by atoms with van der Waals surface area (Å²) < 4.78 is 39.5. The molecule has 3 heterocycles. The molecule has 1 aliphatic heterocycles. The normalized spacial score (nSPS) is 14.7. The molecular weight excluding hydrogens is 335 g/mol. The minimum atomic E-state index is -4.51. The maximum Gasteiger partial charge on any atom is 0.434 e. The number of hydrogen-bond donors (Lipinski definition) is 1. The van der Waals surface area contributed by atoms with Crippen LogP contribution in [-0.2, 0) is 19.3 Å². The number of imidazole rings is 1. The van der Waals surface area contributed by atoms with Gasteiger partial charge in [-0.3, -0.25) is 4.79 Å². The van der Waals surface area contributed by atoms with E-state index in [0.29, 0.717) is 0 Å². The summed E-state index contributed by atoms with van der Waals surface area (Å²) >= 11 is 5.76. The van der Waals surface area contributed by atoms with Crippen LogP contribution in [0.5, 0.6) is 0 Å². The number of rotatable bonds is 1. The van der Waals surface area contributed by atoms with Crippen molar-refractivity contribution < 1.29 is 18.0 Å². The van der Waals surface area contributed by atoms with E-state index in [1.165, 1.54) is 21.6 Å². The summed E-state index contributed by atoms with van der Waals surface area (Å²) in [7, 11) is 0. The molecule has 2 aromatic heterocycles. The first kappa shape index (κ1) is 15.6. The van der Waals surface area contributed by atoms with Crippen molar-refractivity contribution in [3.63, 3.8) is 0 Å². The molecule has 1 aliphatic rings. The number of pyridine rings is 1. The maximum absolute atomic E-state index is 12.7. The summed E-state index contributed by atoms with van der Waals surface area (Å²) in [6, 6.07) is 2.74. The van der Waals surface area contributed by atoms with Crippen molar-refractivity contribution in [3.05, 3.63) is 40.6 Å². The fourth-order valence-corrected chi connectivity index (χ4v) is 2.60. The van der Waals surface area contributed by atoms with Gasteiger partial charge in [0.1, 0.15) is 16.8 Å². The van der Waals surface area contributed by atoms with Gasteiger partial charge in [-0.05, 0) is 12.1 Å². The summed E-state index contributed by atoms with van der Waals surface area (Å²) in [5.41, 5.74) is 4.82. The number of alkyl halides is 3. The topological polar surface area (TPSA) is 77.0 Å². The molecule has 0 spiro atoms. The zero-order chi connectivity index (χ0) is 16.8. The van der Waals surface area contributed by atoms with Gasteiger partial charge in [0.25, 0.3) is 5.91 Å². The molecule has 0 saturated carbocycles. The number of fused-ring (bicyclic) bond motifs is 1. The number of nitrogens with two attached hydrogens (primary N) is 1. The summed E-state index contributed by atoms with van der Waals surface area (Å²) in [4.78, 5) is 21.2. The summed E-state index contributed by atoms with van der Waals surface area (Å²) in [6.45, 7) is 0.479. The molecule has 23 heavy (non-hydrogen) atoms. The Balaban J connectivity index is 1.84. The molecule has 2 aromatic rings. The van der Waals surface area contributed by atoms with Gasteiger partial charge in [-0.1, -0.05) is 11.6 Å². The molecule has 1 amide bonds. The molecule has 0 unspecified atom stereocenters. The highest BCUT2D eigenvalue weighted by molar-refractivity contribution is 6.29. The number of nitrogens with zero attached hydrogens (tertiary/aromatic N) is 4. The quantitative estimate of drug-likeness (QED) is 0.804. The van der Waals surface area contributed by atoms with E-state index in [0.717, 1.165) is 6.20 Å². The Kier molecular flexibility index (Phi) is 3.67. The van der Waals surface area contributed by atoms with Crippen LogP contribution < -0.4 is 5.73 Å². The Morgan fingerprint density at radius 3 is 2.65 bits per heavy atom. The standard InChI is InChI=1S/C13H11ClF3N5O/c14-9-3-7(4-10(18)20-9)12(23)22-2-1-21-5-8(13(15,16)17)19-11(21)6-22/h3-5H,1-2,6H2,(H2,18,20). The van der Waals surface area contributed by atoms with E-state index in [4.69, 9.17) is 17.3 Å². The van der Waals surface area contributed by atoms with Crippen LogP contribution >= 0.6 is 11.6 Å². The predicted octanol–water partition coefficient (Wildman–Crippen LogP) is 2.19. The zero-order valence-corrected chi connectivity index (χ0v) is 12.4. The van der Waals surface area contributed by atoms with E-state index in [1.54, 1.807) is 0 Å². The van der Waals surface area contributed by atoms with Gasteiger partial charge in [-0.25, -0.2) is 9.97 Å². The molecule has 0 bridgehead atoms. The highest BCUT2D eigenvalue weighted by Crippen LogP contribution is 2.29. The van der Waals surface area contributed by atoms with E-state index >= 15 is 0 Å². The molecule has 0 aliphatic carbocycles. The molecule has 122 valence electrons. The number of hydrogen-bond acceptors (Lipinski definition) is 4. The van der Waals surface area contributed by atoms with Crippen molar-refractivity contribution in [2.24, 2.45) is 0 Å². The lowest BCUT2D eigenvalue weighted by molar-refractivity contribution is -0.141. The monoisotopic (exact) mass is 345 g/mol. The van der Waals surface area contributed by atoms with E-state index in [-0.39, 0.29) is 47.9 Å². The molecule has 6 nitrogen and oxygen atoms in total. The molecule has 3 rings (SSSR count). The lowest BCUT2D eigenvalue weighted by atomic mass is 10.2. The number of carbonyl (C=O) groups is 1.